The highest BCUT2D eigenvalue weighted by molar-refractivity contribution is 6.26. The zero-order valence-corrected chi connectivity index (χ0v) is 24.2. The molecule has 5 aromatic carbocycles. The van der Waals surface area contributed by atoms with Crippen molar-refractivity contribution in [1.82, 2.24) is 0 Å². The fourth-order valence-electron chi connectivity index (χ4n) is 6.15. The largest absolute Gasteiger partial charge is 0.272 e. The Morgan fingerprint density at radius 1 is 0.500 bits per heavy atom. The molecule has 0 N–H and O–H groups in total. The maximum Gasteiger partial charge on any atom is 0.257 e. The van der Waals surface area contributed by atoms with Gasteiger partial charge in [0, 0.05) is 5.92 Å². The lowest BCUT2D eigenvalue weighted by Gasteiger charge is -2.30. The van der Waals surface area contributed by atoms with E-state index in [1.54, 1.807) is 0 Å². The number of anilines is 2. The molecular weight excluding hydrogens is 544 g/mol. The number of aryl methyl sites for hydroxylation is 1. The molecule has 0 saturated carbocycles. The van der Waals surface area contributed by atoms with Crippen molar-refractivity contribution in [3.63, 3.8) is 0 Å². The van der Waals surface area contributed by atoms with Gasteiger partial charge >= 0.3 is 0 Å². The number of benzene rings is 5. The van der Waals surface area contributed by atoms with Gasteiger partial charge in [-0.25, -0.2) is 0 Å². The third kappa shape index (κ3) is 4.90. The topological polar surface area (TPSA) is 65.3 Å². The zero-order valence-electron chi connectivity index (χ0n) is 24.2. The standard InChI is InChI=1S/C38H30N4O2/c1-26-22-24-27(25-23-26)32(33-35(28-14-6-2-7-15-28)39-41(37(33)43)30-18-10-4-11-19-30)34-36(29-16-8-3-9-17-29)40-42(38(34)44)31-20-12-5-13-21-31/h2-25,32-34H,1H3. The van der Waals surface area contributed by atoms with Crippen LogP contribution in [0.5, 0.6) is 0 Å². The fraction of sp³-hybridized carbons (Fsp3) is 0.105. The summed E-state index contributed by atoms with van der Waals surface area (Å²) in [5.74, 6) is -2.45. The van der Waals surface area contributed by atoms with Gasteiger partial charge in [0.05, 0.1) is 34.6 Å². The average Bonchev–Trinajstić information content (AvgIpc) is 3.61. The number of para-hydroxylation sites is 2. The predicted octanol–water partition coefficient (Wildman–Crippen LogP) is 7.21. The third-order valence-corrected chi connectivity index (χ3v) is 8.28. The Morgan fingerprint density at radius 2 is 0.864 bits per heavy atom. The van der Waals surface area contributed by atoms with Crippen LogP contribution in [0.25, 0.3) is 0 Å². The summed E-state index contributed by atoms with van der Waals surface area (Å²) in [4.78, 5) is 29.4. The Morgan fingerprint density at radius 3 is 1.25 bits per heavy atom. The highest BCUT2D eigenvalue weighted by atomic mass is 16.2. The molecule has 2 aliphatic rings. The Balaban J connectivity index is 1.44. The summed E-state index contributed by atoms with van der Waals surface area (Å²) >= 11 is 0. The van der Waals surface area contributed by atoms with E-state index in [4.69, 9.17) is 10.2 Å². The summed E-state index contributed by atoms with van der Waals surface area (Å²) < 4.78 is 0. The minimum absolute atomic E-state index is 0.181. The first-order valence-electron chi connectivity index (χ1n) is 14.7. The summed E-state index contributed by atoms with van der Waals surface area (Å²) in [6.07, 6.45) is 0. The summed E-state index contributed by atoms with van der Waals surface area (Å²) in [5.41, 5.74) is 6.26. The van der Waals surface area contributed by atoms with Gasteiger partial charge in [0.25, 0.3) is 11.8 Å². The van der Waals surface area contributed by atoms with Gasteiger partial charge in [-0.15, -0.1) is 0 Å². The molecule has 0 bridgehead atoms. The Hall–Kier alpha value is -5.62. The molecule has 0 radical (unpaired) electrons. The van der Waals surface area contributed by atoms with Crippen molar-refractivity contribution in [3.05, 3.63) is 168 Å². The molecule has 0 aromatic heterocycles. The van der Waals surface area contributed by atoms with Gasteiger partial charge in [-0.2, -0.15) is 20.2 Å². The van der Waals surface area contributed by atoms with Gasteiger partial charge in [0.15, 0.2) is 0 Å². The highest BCUT2D eigenvalue weighted by Gasteiger charge is 2.52. The quantitative estimate of drug-likeness (QED) is 0.206. The molecule has 2 atom stereocenters. The first-order chi connectivity index (χ1) is 21.6. The molecule has 0 aliphatic carbocycles. The maximum atomic E-state index is 14.7. The van der Waals surface area contributed by atoms with Crippen LogP contribution < -0.4 is 10.0 Å². The van der Waals surface area contributed by atoms with E-state index in [0.29, 0.717) is 22.8 Å². The molecule has 2 heterocycles. The van der Waals surface area contributed by atoms with Gasteiger partial charge in [-0.05, 0) is 47.9 Å². The molecule has 6 heteroatoms. The van der Waals surface area contributed by atoms with Gasteiger partial charge in [0.2, 0.25) is 0 Å². The molecule has 7 rings (SSSR count). The summed E-state index contributed by atoms with van der Waals surface area (Å²) in [6.45, 7) is 2.03. The molecule has 2 unspecified atom stereocenters. The van der Waals surface area contributed by atoms with Crippen molar-refractivity contribution in [3.8, 4) is 0 Å². The fourth-order valence-corrected chi connectivity index (χ4v) is 6.15. The average molecular weight is 575 g/mol. The molecule has 2 amide bonds. The second-order valence-corrected chi connectivity index (χ2v) is 11.1. The molecule has 0 spiro atoms. The lowest BCUT2D eigenvalue weighted by atomic mass is 9.70. The molecule has 214 valence electrons. The van der Waals surface area contributed by atoms with Crippen molar-refractivity contribution in [1.29, 1.82) is 0 Å². The van der Waals surface area contributed by atoms with Crippen molar-refractivity contribution < 1.29 is 9.59 Å². The predicted molar refractivity (Wildman–Crippen MR) is 175 cm³/mol. The number of nitrogens with zero attached hydrogens (tertiary/aromatic N) is 4. The minimum atomic E-state index is -0.751. The van der Waals surface area contributed by atoms with Crippen LogP contribution in [0.1, 0.15) is 28.2 Å². The van der Waals surface area contributed by atoms with Crippen LogP contribution in [0.2, 0.25) is 0 Å². The number of hydrogen-bond donors (Lipinski definition) is 0. The van der Waals surface area contributed by atoms with E-state index in [0.717, 1.165) is 22.3 Å². The van der Waals surface area contributed by atoms with Crippen LogP contribution >= 0.6 is 0 Å². The second kappa shape index (κ2) is 11.6. The van der Waals surface area contributed by atoms with E-state index in [1.165, 1.54) is 10.0 Å². The number of amides is 2. The van der Waals surface area contributed by atoms with Crippen molar-refractivity contribution >= 4 is 34.6 Å². The summed E-state index contributed by atoms with van der Waals surface area (Å²) in [7, 11) is 0. The first-order valence-corrected chi connectivity index (χ1v) is 14.7. The normalized spacial score (nSPS) is 18.8. The summed E-state index contributed by atoms with van der Waals surface area (Å²) in [6, 6.07) is 46.6. The van der Waals surface area contributed by atoms with E-state index in [2.05, 4.69) is 0 Å². The van der Waals surface area contributed by atoms with Crippen molar-refractivity contribution in [2.45, 2.75) is 12.8 Å². The third-order valence-electron chi connectivity index (χ3n) is 8.28. The maximum absolute atomic E-state index is 14.7. The van der Waals surface area contributed by atoms with Gasteiger partial charge in [-0.1, -0.05) is 127 Å². The first kappa shape index (κ1) is 27.2. The molecule has 44 heavy (non-hydrogen) atoms. The lowest BCUT2D eigenvalue weighted by molar-refractivity contribution is -0.122. The van der Waals surface area contributed by atoms with E-state index >= 15 is 0 Å². The van der Waals surface area contributed by atoms with E-state index in [-0.39, 0.29) is 11.8 Å². The molecule has 0 saturated heterocycles. The van der Waals surface area contributed by atoms with Crippen LogP contribution in [-0.2, 0) is 9.59 Å². The minimum Gasteiger partial charge on any atom is -0.272 e. The number of rotatable bonds is 7. The molecule has 6 nitrogen and oxygen atoms in total. The van der Waals surface area contributed by atoms with E-state index < -0.39 is 17.8 Å². The van der Waals surface area contributed by atoms with Crippen LogP contribution in [0, 0.1) is 18.8 Å². The Labute approximate surface area is 256 Å². The van der Waals surface area contributed by atoms with Gasteiger partial charge in [-0.3, -0.25) is 9.59 Å². The smallest absolute Gasteiger partial charge is 0.257 e. The number of carbonyl (C=O) groups excluding carboxylic acids is 2. The van der Waals surface area contributed by atoms with Crippen LogP contribution in [0.4, 0.5) is 11.4 Å². The zero-order chi connectivity index (χ0) is 30.0. The van der Waals surface area contributed by atoms with E-state index in [1.807, 2.05) is 153 Å². The molecular formula is C38H30N4O2. The van der Waals surface area contributed by atoms with Crippen molar-refractivity contribution in [2.24, 2.45) is 22.0 Å². The van der Waals surface area contributed by atoms with Gasteiger partial charge < -0.3 is 0 Å². The summed E-state index contributed by atoms with van der Waals surface area (Å²) in [5, 5.41) is 12.9. The van der Waals surface area contributed by atoms with Crippen LogP contribution in [0.15, 0.2) is 156 Å². The van der Waals surface area contributed by atoms with E-state index in [9.17, 15) is 9.59 Å². The number of hydrazone groups is 2. The molecule has 2 aliphatic heterocycles. The lowest BCUT2D eigenvalue weighted by Crippen LogP contribution is -2.41. The Bertz CT molecular complexity index is 1740. The highest BCUT2D eigenvalue weighted by Crippen LogP contribution is 2.44. The molecule has 5 aromatic rings. The van der Waals surface area contributed by atoms with Crippen LogP contribution in [0.3, 0.4) is 0 Å². The SMILES string of the molecule is Cc1ccc(C(C2C(=O)N(c3ccccc3)N=C2c2ccccc2)C2C(=O)N(c3ccccc3)N=C2c2ccccc2)cc1. The Kier molecular flexibility index (Phi) is 7.16. The van der Waals surface area contributed by atoms with Crippen molar-refractivity contribution in [2.75, 3.05) is 10.0 Å². The monoisotopic (exact) mass is 574 g/mol. The van der Waals surface area contributed by atoms with Gasteiger partial charge in [0.1, 0.15) is 0 Å². The number of carbonyl (C=O) groups is 2. The number of hydrogen-bond acceptors (Lipinski definition) is 4. The molecule has 0 fully saturated rings. The van der Waals surface area contributed by atoms with Crippen LogP contribution in [-0.4, -0.2) is 23.2 Å². The second-order valence-electron chi connectivity index (χ2n) is 11.1.